The Morgan fingerprint density at radius 2 is 2.42 bits per heavy atom. The van der Waals surface area contributed by atoms with E-state index in [0.717, 1.165) is 18.4 Å². The van der Waals surface area contributed by atoms with Crippen LogP contribution >= 0.6 is 15.9 Å². The molecule has 0 amide bonds. The Morgan fingerprint density at radius 1 is 1.67 bits per heavy atom. The minimum Gasteiger partial charge on any atom is -0.262 e. The van der Waals surface area contributed by atoms with Crippen LogP contribution in [0.15, 0.2) is 18.5 Å². The van der Waals surface area contributed by atoms with Crippen molar-refractivity contribution in [3.05, 3.63) is 29.8 Å². The fraction of sp³-hybridized carbons (Fsp3) is 0.444. The van der Waals surface area contributed by atoms with Crippen molar-refractivity contribution in [1.29, 1.82) is 0 Å². The van der Waals surface area contributed by atoms with E-state index in [2.05, 4.69) is 27.8 Å². The van der Waals surface area contributed by atoms with Crippen molar-refractivity contribution < 1.29 is 4.39 Å². The van der Waals surface area contributed by atoms with E-state index in [1.54, 1.807) is 12.3 Å². The van der Waals surface area contributed by atoms with Gasteiger partial charge in [-0.25, -0.2) is 4.39 Å². The third-order valence-electron chi connectivity index (χ3n) is 1.67. The number of hydrogen-bond acceptors (Lipinski definition) is 1. The molecule has 0 aromatic carbocycles. The minimum atomic E-state index is -0.203. The first-order chi connectivity index (χ1) is 5.70. The van der Waals surface area contributed by atoms with Crippen LogP contribution < -0.4 is 0 Å². The lowest BCUT2D eigenvalue weighted by atomic mass is 10.1. The van der Waals surface area contributed by atoms with E-state index in [9.17, 15) is 4.39 Å². The normalized spacial score (nSPS) is 12.9. The summed E-state index contributed by atoms with van der Waals surface area (Å²) in [6, 6.07) is 1.73. The first-order valence-electron chi connectivity index (χ1n) is 3.92. The quantitative estimate of drug-likeness (QED) is 0.730. The zero-order valence-corrected chi connectivity index (χ0v) is 8.51. The first-order valence-corrected chi connectivity index (χ1v) is 4.84. The van der Waals surface area contributed by atoms with Crippen molar-refractivity contribution in [3.8, 4) is 0 Å². The number of halogens is 2. The molecule has 0 bridgehead atoms. The molecule has 0 N–H and O–H groups in total. The molecule has 0 aliphatic heterocycles. The van der Waals surface area contributed by atoms with Crippen LogP contribution in [-0.2, 0) is 6.42 Å². The summed E-state index contributed by atoms with van der Waals surface area (Å²) in [6.45, 7) is 2.05. The molecule has 3 heteroatoms. The van der Waals surface area contributed by atoms with Crippen LogP contribution in [0.4, 0.5) is 4.39 Å². The summed E-state index contributed by atoms with van der Waals surface area (Å²) in [5, 5.41) is 0. The molecule has 0 fully saturated rings. The van der Waals surface area contributed by atoms with Gasteiger partial charge in [0.1, 0.15) is 5.82 Å². The number of aromatic nitrogens is 1. The fourth-order valence-corrected chi connectivity index (χ4v) is 1.19. The van der Waals surface area contributed by atoms with Gasteiger partial charge in [-0.2, -0.15) is 0 Å². The van der Waals surface area contributed by atoms with Gasteiger partial charge in [0.15, 0.2) is 0 Å². The third kappa shape index (κ3) is 2.89. The molecule has 0 aliphatic rings. The van der Waals surface area contributed by atoms with Crippen LogP contribution in [0.2, 0.25) is 0 Å². The van der Waals surface area contributed by atoms with Crippen molar-refractivity contribution in [1.82, 2.24) is 4.98 Å². The Balaban J connectivity index is 2.57. The van der Waals surface area contributed by atoms with Gasteiger partial charge in [0.25, 0.3) is 0 Å². The highest BCUT2D eigenvalue weighted by Crippen LogP contribution is 2.12. The molecular formula is C9H11BrFN. The van der Waals surface area contributed by atoms with E-state index in [-0.39, 0.29) is 5.82 Å². The number of rotatable bonds is 3. The first kappa shape index (κ1) is 9.65. The molecular weight excluding hydrogens is 221 g/mol. The molecule has 0 radical (unpaired) electrons. The molecule has 1 unspecified atom stereocenters. The second-order valence-corrected chi connectivity index (χ2v) is 4.35. The fourth-order valence-electron chi connectivity index (χ4n) is 0.961. The van der Waals surface area contributed by atoms with Crippen molar-refractivity contribution in [3.63, 3.8) is 0 Å². The van der Waals surface area contributed by atoms with E-state index < -0.39 is 0 Å². The summed E-state index contributed by atoms with van der Waals surface area (Å²) in [4.78, 5) is 4.12. The number of aryl methyl sites for hydroxylation is 1. The lowest BCUT2D eigenvalue weighted by Gasteiger charge is -2.03. The average molecular weight is 232 g/mol. The van der Waals surface area contributed by atoms with E-state index in [0.29, 0.717) is 4.83 Å². The van der Waals surface area contributed by atoms with Crippen molar-refractivity contribution in [2.75, 3.05) is 0 Å². The summed E-state index contributed by atoms with van der Waals surface area (Å²) in [5.41, 5.74) is 0.747. The summed E-state index contributed by atoms with van der Waals surface area (Å²) in [7, 11) is 0. The molecule has 1 aromatic rings. The maximum Gasteiger partial charge on any atom is 0.144 e. The highest BCUT2D eigenvalue weighted by Gasteiger charge is 2.02. The highest BCUT2D eigenvalue weighted by molar-refractivity contribution is 9.09. The maximum atomic E-state index is 13.0. The summed E-state index contributed by atoms with van der Waals surface area (Å²) in [5.74, 6) is -0.203. The Bertz CT molecular complexity index is 250. The van der Waals surface area contributed by atoms with Gasteiger partial charge in [-0.3, -0.25) is 4.98 Å². The SMILES string of the molecule is CC(Br)CCc1ccncc1F. The summed E-state index contributed by atoms with van der Waals surface area (Å²) >= 11 is 3.42. The minimum absolute atomic E-state index is 0.203. The highest BCUT2D eigenvalue weighted by atomic mass is 79.9. The van der Waals surface area contributed by atoms with Crippen molar-refractivity contribution in [2.24, 2.45) is 0 Å². The monoisotopic (exact) mass is 231 g/mol. The third-order valence-corrected chi connectivity index (χ3v) is 2.13. The predicted molar refractivity (Wildman–Crippen MR) is 50.9 cm³/mol. The van der Waals surface area contributed by atoms with Crippen LogP contribution in [0.3, 0.4) is 0 Å². The van der Waals surface area contributed by atoms with Gasteiger partial charge in [0.05, 0.1) is 6.20 Å². The molecule has 0 saturated heterocycles. The van der Waals surface area contributed by atoms with Crippen LogP contribution in [0.1, 0.15) is 18.9 Å². The van der Waals surface area contributed by atoms with E-state index in [4.69, 9.17) is 0 Å². The largest absolute Gasteiger partial charge is 0.262 e. The number of nitrogens with zero attached hydrogens (tertiary/aromatic N) is 1. The zero-order chi connectivity index (χ0) is 8.97. The second-order valence-electron chi connectivity index (χ2n) is 2.79. The molecule has 1 rings (SSSR count). The van der Waals surface area contributed by atoms with Gasteiger partial charge in [-0.05, 0) is 24.5 Å². The lowest BCUT2D eigenvalue weighted by molar-refractivity contribution is 0.598. The average Bonchev–Trinajstić information content (AvgIpc) is 2.03. The predicted octanol–water partition coefficient (Wildman–Crippen LogP) is 2.94. The molecule has 1 nitrogen and oxygen atoms in total. The molecule has 1 heterocycles. The summed E-state index contributed by atoms with van der Waals surface area (Å²) < 4.78 is 13.0. The molecule has 12 heavy (non-hydrogen) atoms. The number of hydrogen-bond donors (Lipinski definition) is 0. The van der Waals surface area contributed by atoms with Crippen molar-refractivity contribution >= 4 is 15.9 Å². The van der Waals surface area contributed by atoms with Gasteiger partial charge >= 0.3 is 0 Å². The zero-order valence-electron chi connectivity index (χ0n) is 6.93. The van der Waals surface area contributed by atoms with Crippen LogP contribution in [-0.4, -0.2) is 9.81 Å². The number of pyridine rings is 1. The van der Waals surface area contributed by atoms with Gasteiger partial charge in [-0.1, -0.05) is 22.9 Å². The van der Waals surface area contributed by atoms with Crippen LogP contribution in [0.5, 0.6) is 0 Å². The molecule has 66 valence electrons. The second kappa shape index (κ2) is 4.55. The topological polar surface area (TPSA) is 12.9 Å². The Labute approximate surface area is 80.1 Å². The summed E-state index contributed by atoms with van der Waals surface area (Å²) in [6.07, 6.45) is 4.59. The Morgan fingerprint density at radius 3 is 3.00 bits per heavy atom. The molecule has 1 aromatic heterocycles. The lowest BCUT2D eigenvalue weighted by Crippen LogP contribution is -1.96. The van der Waals surface area contributed by atoms with Gasteiger partial charge in [0, 0.05) is 11.0 Å². The van der Waals surface area contributed by atoms with Crippen LogP contribution in [0.25, 0.3) is 0 Å². The van der Waals surface area contributed by atoms with Gasteiger partial charge < -0.3 is 0 Å². The van der Waals surface area contributed by atoms with E-state index in [1.807, 2.05) is 0 Å². The standard InChI is InChI=1S/C9H11BrFN/c1-7(10)2-3-8-4-5-12-6-9(8)11/h4-7H,2-3H2,1H3. The van der Waals surface area contributed by atoms with Crippen molar-refractivity contribution in [2.45, 2.75) is 24.6 Å². The van der Waals surface area contributed by atoms with E-state index in [1.165, 1.54) is 6.20 Å². The molecule has 0 saturated carbocycles. The molecule has 1 atom stereocenters. The van der Waals surface area contributed by atoms with Crippen LogP contribution in [0, 0.1) is 5.82 Å². The Kier molecular flexibility index (Phi) is 3.66. The molecule has 0 spiro atoms. The maximum absolute atomic E-state index is 13.0. The molecule has 0 aliphatic carbocycles. The van der Waals surface area contributed by atoms with E-state index >= 15 is 0 Å². The van der Waals surface area contributed by atoms with Gasteiger partial charge in [-0.15, -0.1) is 0 Å². The van der Waals surface area contributed by atoms with Gasteiger partial charge in [0.2, 0.25) is 0 Å². The smallest absolute Gasteiger partial charge is 0.144 e. The Hall–Kier alpha value is -0.440. The number of alkyl halides is 1.